The maximum absolute atomic E-state index is 6.16. The molecule has 4 aromatic rings. The van der Waals surface area contributed by atoms with Crippen LogP contribution in [0.25, 0.3) is 11.1 Å². The van der Waals surface area contributed by atoms with Gasteiger partial charge in [-0.15, -0.1) is 11.6 Å². The van der Waals surface area contributed by atoms with Crippen molar-refractivity contribution in [1.82, 2.24) is 0 Å². The van der Waals surface area contributed by atoms with Gasteiger partial charge in [0.25, 0.3) is 0 Å². The summed E-state index contributed by atoms with van der Waals surface area (Å²) < 4.78 is 0. The topological polar surface area (TPSA) is 52.0 Å². The van der Waals surface area contributed by atoms with Crippen LogP contribution in [0, 0.1) is 13.0 Å². The van der Waals surface area contributed by atoms with Crippen molar-refractivity contribution in [3.63, 3.8) is 0 Å². The van der Waals surface area contributed by atoms with Crippen molar-refractivity contribution in [3.05, 3.63) is 119 Å². The van der Waals surface area contributed by atoms with Gasteiger partial charge < -0.3 is 11.5 Å². The fraction of sp³-hybridized carbons (Fsp3) is 0.0769. The van der Waals surface area contributed by atoms with Gasteiger partial charge in [-0.3, -0.25) is 0 Å². The van der Waals surface area contributed by atoms with Gasteiger partial charge in [0, 0.05) is 43.8 Å². The van der Waals surface area contributed by atoms with E-state index in [4.69, 9.17) is 11.5 Å². The Morgan fingerprint density at radius 3 is 1.86 bits per heavy atom. The first-order valence-corrected chi connectivity index (χ1v) is 9.46. The Morgan fingerprint density at radius 1 is 0.724 bits per heavy atom. The van der Waals surface area contributed by atoms with E-state index in [-0.39, 0.29) is 32.7 Å². The van der Waals surface area contributed by atoms with Crippen LogP contribution < -0.4 is 11.5 Å². The molecule has 0 atom stereocenters. The predicted molar refractivity (Wildman–Crippen MR) is 116 cm³/mol. The molecular formula is C26H21N2Y-. The number of aryl methyl sites for hydroxylation is 1. The van der Waals surface area contributed by atoms with E-state index in [1.165, 1.54) is 27.8 Å². The number of nitrogens with two attached hydrogens (primary N) is 2. The van der Waals surface area contributed by atoms with Crippen LogP contribution >= 0.6 is 0 Å². The van der Waals surface area contributed by atoms with Gasteiger partial charge in [0.05, 0.1) is 0 Å². The van der Waals surface area contributed by atoms with Crippen molar-refractivity contribution in [2.45, 2.75) is 12.3 Å². The molecule has 5 rings (SSSR count). The molecule has 0 aliphatic heterocycles. The molecule has 0 aromatic heterocycles. The van der Waals surface area contributed by atoms with Crippen molar-refractivity contribution < 1.29 is 32.7 Å². The Labute approximate surface area is 196 Å². The minimum absolute atomic E-state index is 0. The van der Waals surface area contributed by atoms with Crippen molar-refractivity contribution >= 4 is 11.4 Å². The molecule has 29 heavy (non-hydrogen) atoms. The van der Waals surface area contributed by atoms with E-state index in [1.54, 1.807) is 0 Å². The zero-order valence-electron chi connectivity index (χ0n) is 16.3. The van der Waals surface area contributed by atoms with Gasteiger partial charge in [0.2, 0.25) is 0 Å². The van der Waals surface area contributed by atoms with E-state index in [9.17, 15) is 0 Å². The van der Waals surface area contributed by atoms with Crippen LogP contribution in [0.4, 0.5) is 11.4 Å². The Kier molecular flexibility index (Phi) is 5.10. The normalized spacial score (nSPS) is 13.3. The van der Waals surface area contributed by atoms with E-state index >= 15 is 0 Å². The third kappa shape index (κ3) is 2.86. The molecule has 0 spiro atoms. The summed E-state index contributed by atoms with van der Waals surface area (Å²) in [5, 5.41) is 0. The van der Waals surface area contributed by atoms with E-state index in [2.05, 4.69) is 79.7 Å². The molecule has 139 valence electrons. The first-order chi connectivity index (χ1) is 13.6. The zero-order chi connectivity index (χ0) is 19.3. The van der Waals surface area contributed by atoms with E-state index < -0.39 is 5.41 Å². The summed E-state index contributed by atoms with van der Waals surface area (Å²) in [4.78, 5) is 0. The SMILES string of the molecule is Cc1cc(C2(c3c[c-]c(N)cc3)c3ccccc3-c3ccccc32)ccc1N.[Y]. The van der Waals surface area contributed by atoms with Crippen LogP contribution in [0.15, 0.2) is 84.9 Å². The summed E-state index contributed by atoms with van der Waals surface area (Å²) >= 11 is 0. The molecule has 0 bridgehead atoms. The standard InChI is InChI=1S/C26H21N2.Y/c1-17-16-19(12-15-25(17)28)26(18-10-13-20(27)14-11-18)23-8-4-2-6-21(23)22-7-3-5-9-24(22)26;/h2-13,15-16H,27-28H2,1H3;/q-1;. The summed E-state index contributed by atoms with van der Waals surface area (Å²) in [6, 6.07) is 33.0. The van der Waals surface area contributed by atoms with Crippen molar-refractivity contribution in [3.8, 4) is 11.1 Å². The number of benzene rings is 4. The van der Waals surface area contributed by atoms with Crippen LogP contribution in [-0.4, -0.2) is 0 Å². The van der Waals surface area contributed by atoms with Gasteiger partial charge >= 0.3 is 0 Å². The molecule has 3 heteroatoms. The summed E-state index contributed by atoms with van der Waals surface area (Å²) in [5.74, 6) is 0. The van der Waals surface area contributed by atoms with Crippen LogP contribution in [0.1, 0.15) is 27.8 Å². The number of hydrogen-bond acceptors (Lipinski definition) is 2. The second kappa shape index (κ2) is 7.44. The number of anilines is 2. The summed E-state index contributed by atoms with van der Waals surface area (Å²) in [7, 11) is 0. The molecule has 2 nitrogen and oxygen atoms in total. The number of fused-ring (bicyclic) bond motifs is 3. The molecule has 4 aromatic carbocycles. The molecule has 1 radical (unpaired) electrons. The molecule has 0 amide bonds. The summed E-state index contributed by atoms with van der Waals surface area (Å²) in [6.45, 7) is 2.06. The third-order valence-electron chi connectivity index (χ3n) is 5.92. The van der Waals surface area contributed by atoms with Gasteiger partial charge in [-0.2, -0.15) is 18.2 Å². The Balaban J connectivity index is 0.00000205. The van der Waals surface area contributed by atoms with Crippen LogP contribution in [0.2, 0.25) is 0 Å². The average molecular weight is 450 g/mol. The second-order valence-electron chi connectivity index (χ2n) is 7.45. The number of nitrogen functional groups attached to an aromatic ring is 2. The maximum atomic E-state index is 6.16. The Hall–Kier alpha value is -2.42. The Morgan fingerprint density at radius 2 is 1.31 bits per heavy atom. The largest absolute Gasteiger partial charge is 0.420 e. The van der Waals surface area contributed by atoms with Gasteiger partial charge in [0.1, 0.15) is 0 Å². The van der Waals surface area contributed by atoms with Gasteiger partial charge in [-0.1, -0.05) is 66.4 Å². The molecular weight excluding hydrogens is 429 g/mol. The van der Waals surface area contributed by atoms with Gasteiger partial charge in [0.15, 0.2) is 0 Å². The van der Waals surface area contributed by atoms with E-state index in [1.807, 2.05) is 18.2 Å². The summed E-state index contributed by atoms with van der Waals surface area (Å²) in [5.41, 5.74) is 21.7. The van der Waals surface area contributed by atoms with E-state index in [0.29, 0.717) is 5.69 Å². The molecule has 4 N–H and O–H groups in total. The predicted octanol–water partition coefficient (Wildman–Crippen LogP) is 5.32. The van der Waals surface area contributed by atoms with Crippen molar-refractivity contribution in [2.24, 2.45) is 0 Å². The molecule has 0 heterocycles. The molecule has 0 saturated carbocycles. The first kappa shape index (κ1) is 19.9. The number of rotatable bonds is 2. The van der Waals surface area contributed by atoms with Gasteiger partial charge in [-0.05, 0) is 46.4 Å². The maximum Gasteiger partial charge on any atom is 0.0343 e. The van der Waals surface area contributed by atoms with Crippen LogP contribution in [0.3, 0.4) is 0 Å². The smallest absolute Gasteiger partial charge is 0.0343 e. The first-order valence-electron chi connectivity index (χ1n) is 9.46. The fourth-order valence-electron chi connectivity index (χ4n) is 4.60. The molecule has 1 aliphatic carbocycles. The fourth-order valence-corrected chi connectivity index (χ4v) is 4.60. The molecule has 0 saturated heterocycles. The van der Waals surface area contributed by atoms with Gasteiger partial charge in [-0.25, -0.2) is 0 Å². The minimum Gasteiger partial charge on any atom is -0.420 e. The monoisotopic (exact) mass is 450 g/mol. The minimum atomic E-state index is -0.421. The molecule has 0 unspecified atom stereocenters. The van der Waals surface area contributed by atoms with Crippen LogP contribution in [0.5, 0.6) is 0 Å². The summed E-state index contributed by atoms with van der Waals surface area (Å²) in [6.07, 6.45) is 0. The molecule has 1 aliphatic rings. The quantitative estimate of drug-likeness (QED) is 0.283. The van der Waals surface area contributed by atoms with Crippen LogP contribution in [-0.2, 0) is 38.1 Å². The third-order valence-corrected chi connectivity index (χ3v) is 5.92. The molecule has 0 fully saturated rings. The second-order valence-corrected chi connectivity index (χ2v) is 7.45. The zero-order valence-corrected chi connectivity index (χ0v) is 19.2. The Bertz CT molecular complexity index is 1150. The van der Waals surface area contributed by atoms with E-state index in [0.717, 1.165) is 16.8 Å². The van der Waals surface area contributed by atoms with Crippen molar-refractivity contribution in [2.75, 3.05) is 11.5 Å². The average Bonchev–Trinajstić information content (AvgIpc) is 3.02. The van der Waals surface area contributed by atoms with Crippen molar-refractivity contribution in [1.29, 1.82) is 0 Å². The number of hydrogen-bond donors (Lipinski definition) is 2.